The van der Waals surface area contributed by atoms with Crippen LogP contribution in [-0.2, 0) is 0 Å². The third kappa shape index (κ3) is 4.79. The molecule has 1 saturated carbocycles. The van der Waals surface area contributed by atoms with Crippen LogP contribution in [0.25, 0.3) is 0 Å². The number of carbonyl (C=O) groups excluding carboxylic acids is 1. The zero-order chi connectivity index (χ0) is 13.1. The van der Waals surface area contributed by atoms with Gasteiger partial charge in [-0.3, -0.25) is 0 Å². The van der Waals surface area contributed by atoms with E-state index in [0.717, 1.165) is 44.8 Å². The highest BCUT2D eigenvalue weighted by atomic mass is 35.5. The summed E-state index contributed by atoms with van der Waals surface area (Å²) in [6.45, 7) is 5.69. The van der Waals surface area contributed by atoms with E-state index in [1.165, 1.54) is 25.9 Å². The summed E-state index contributed by atoms with van der Waals surface area (Å²) in [5, 5.41) is 9.58. The average Bonchev–Trinajstić information content (AvgIpc) is 3.11. The van der Waals surface area contributed by atoms with E-state index in [9.17, 15) is 4.79 Å². The van der Waals surface area contributed by atoms with Gasteiger partial charge in [-0.1, -0.05) is 0 Å². The first kappa shape index (κ1) is 15.9. The van der Waals surface area contributed by atoms with Gasteiger partial charge < -0.3 is 20.9 Å². The van der Waals surface area contributed by atoms with Gasteiger partial charge in [-0.2, -0.15) is 0 Å². The van der Waals surface area contributed by atoms with Gasteiger partial charge in [-0.05, 0) is 51.1 Å². The Morgan fingerprint density at radius 2 is 1.95 bits per heavy atom. The first-order chi connectivity index (χ1) is 9.29. The van der Waals surface area contributed by atoms with E-state index in [1.54, 1.807) is 0 Å². The van der Waals surface area contributed by atoms with Crippen LogP contribution in [0.3, 0.4) is 0 Å². The quantitative estimate of drug-likeness (QED) is 0.724. The molecule has 5 nitrogen and oxygen atoms in total. The van der Waals surface area contributed by atoms with Gasteiger partial charge in [-0.15, -0.1) is 12.4 Å². The Labute approximate surface area is 127 Å². The number of carbonyl (C=O) groups is 1. The largest absolute Gasteiger partial charge is 0.335 e. The molecule has 3 aliphatic rings. The van der Waals surface area contributed by atoms with Crippen molar-refractivity contribution in [3.63, 3.8) is 0 Å². The summed E-state index contributed by atoms with van der Waals surface area (Å²) in [7, 11) is 0. The zero-order valence-corrected chi connectivity index (χ0v) is 12.9. The number of halogens is 1. The molecule has 3 N–H and O–H groups in total. The van der Waals surface area contributed by atoms with Crippen LogP contribution in [-0.4, -0.2) is 55.7 Å². The summed E-state index contributed by atoms with van der Waals surface area (Å²) in [6, 6.07) is 0.829. The fourth-order valence-corrected chi connectivity index (χ4v) is 3.20. The molecule has 0 bridgehead atoms. The zero-order valence-electron chi connectivity index (χ0n) is 12.1. The van der Waals surface area contributed by atoms with Gasteiger partial charge in [0.2, 0.25) is 0 Å². The van der Waals surface area contributed by atoms with E-state index >= 15 is 0 Å². The summed E-state index contributed by atoms with van der Waals surface area (Å²) in [5.74, 6) is 0.799. The number of hydrogen-bond donors (Lipinski definition) is 3. The lowest BCUT2D eigenvalue weighted by molar-refractivity contribution is 0.229. The summed E-state index contributed by atoms with van der Waals surface area (Å²) >= 11 is 0. The third-order valence-corrected chi connectivity index (χ3v) is 4.44. The predicted molar refractivity (Wildman–Crippen MR) is 82.4 cm³/mol. The van der Waals surface area contributed by atoms with Crippen LogP contribution in [0.5, 0.6) is 0 Å². The van der Waals surface area contributed by atoms with Crippen molar-refractivity contribution < 1.29 is 4.79 Å². The van der Waals surface area contributed by atoms with Crippen molar-refractivity contribution in [2.75, 3.05) is 32.7 Å². The van der Waals surface area contributed by atoms with Crippen LogP contribution < -0.4 is 16.0 Å². The third-order valence-electron chi connectivity index (χ3n) is 4.44. The lowest BCUT2D eigenvalue weighted by Gasteiger charge is -2.27. The molecule has 0 aromatic heterocycles. The smallest absolute Gasteiger partial charge is 0.315 e. The lowest BCUT2D eigenvalue weighted by Crippen LogP contribution is -2.44. The molecule has 0 aromatic carbocycles. The molecule has 2 saturated heterocycles. The molecule has 0 radical (unpaired) electrons. The van der Waals surface area contributed by atoms with Gasteiger partial charge in [0.05, 0.1) is 0 Å². The molecule has 20 heavy (non-hydrogen) atoms. The van der Waals surface area contributed by atoms with E-state index in [4.69, 9.17) is 0 Å². The Balaban J connectivity index is 0.00000147. The Kier molecular flexibility index (Phi) is 5.93. The van der Waals surface area contributed by atoms with Crippen LogP contribution in [0.2, 0.25) is 0 Å². The number of likely N-dealkylation sites (tertiary alicyclic amines) is 1. The first-order valence-corrected chi connectivity index (χ1v) is 7.80. The summed E-state index contributed by atoms with van der Waals surface area (Å²) in [5.41, 5.74) is 0. The predicted octanol–water partition coefficient (Wildman–Crippen LogP) is 0.944. The second-order valence-electron chi connectivity index (χ2n) is 6.35. The van der Waals surface area contributed by atoms with Gasteiger partial charge in [0.25, 0.3) is 0 Å². The van der Waals surface area contributed by atoms with Crippen LogP contribution in [0.1, 0.15) is 32.1 Å². The number of piperidine rings is 1. The molecule has 2 amide bonds. The molecule has 0 aromatic rings. The molecular weight excluding hydrogens is 276 g/mol. The monoisotopic (exact) mass is 302 g/mol. The first-order valence-electron chi connectivity index (χ1n) is 7.80. The van der Waals surface area contributed by atoms with Crippen LogP contribution in [0.4, 0.5) is 4.79 Å². The minimum Gasteiger partial charge on any atom is -0.335 e. The van der Waals surface area contributed by atoms with E-state index < -0.39 is 0 Å². The van der Waals surface area contributed by atoms with Gasteiger partial charge in [-0.25, -0.2) is 4.79 Å². The van der Waals surface area contributed by atoms with Crippen LogP contribution in [0, 0.1) is 5.92 Å². The second kappa shape index (κ2) is 7.48. The fraction of sp³-hybridized carbons (Fsp3) is 0.929. The maximum absolute atomic E-state index is 11.7. The highest BCUT2D eigenvalue weighted by molar-refractivity contribution is 5.85. The van der Waals surface area contributed by atoms with E-state index in [0.29, 0.717) is 12.1 Å². The summed E-state index contributed by atoms with van der Waals surface area (Å²) < 4.78 is 0. The molecule has 0 spiro atoms. The molecular formula is C14H27ClN4O. The maximum Gasteiger partial charge on any atom is 0.315 e. The molecule has 1 aliphatic carbocycles. The van der Waals surface area contributed by atoms with Crippen molar-refractivity contribution in [2.24, 2.45) is 5.92 Å². The number of amides is 2. The molecule has 2 unspecified atom stereocenters. The van der Waals surface area contributed by atoms with Gasteiger partial charge in [0, 0.05) is 31.7 Å². The molecule has 2 aliphatic heterocycles. The highest BCUT2D eigenvalue weighted by Gasteiger charge is 2.28. The van der Waals surface area contributed by atoms with Crippen molar-refractivity contribution in [1.29, 1.82) is 0 Å². The van der Waals surface area contributed by atoms with Gasteiger partial charge >= 0.3 is 6.03 Å². The van der Waals surface area contributed by atoms with Crippen molar-refractivity contribution >= 4 is 18.4 Å². The summed E-state index contributed by atoms with van der Waals surface area (Å²) in [4.78, 5) is 14.2. The molecule has 3 fully saturated rings. The van der Waals surface area contributed by atoms with Crippen molar-refractivity contribution in [3.8, 4) is 0 Å². The number of hydrogen-bond acceptors (Lipinski definition) is 3. The molecule has 2 atom stereocenters. The molecule has 116 valence electrons. The van der Waals surface area contributed by atoms with Crippen molar-refractivity contribution in [2.45, 2.75) is 44.2 Å². The van der Waals surface area contributed by atoms with Crippen molar-refractivity contribution in [1.82, 2.24) is 20.9 Å². The van der Waals surface area contributed by atoms with Crippen LogP contribution in [0.15, 0.2) is 0 Å². The van der Waals surface area contributed by atoms with Gasteiger partial charge in [0.1, 0.15) is 0 Å². The minimum atomic E-state index is 0. The number of urea groups is 1. The Morgan fingerprint density at radius 1 is 1.15 bits per heavy atom. The molecule has 2 heterocycles. The number of nitrogens with one attached hydrogen (secondary N) is 3. The second-order valence-corrected chi connectivity index (χ2v) is 6.35. The standard InChI is InChI=1S/C14H26N4O.ClH/c19-14(16-12-3-4-12)17-13-5-7-18(10-13)9-11-2-1-6-15-8-11;/h11-13,15H,1-10H2,(H2,16,17,19);1H. The highest BCUT2D eigenvalue weighted by Crippen LogP contribution is 2.19. The number of rotatable bonds is 4. The Bertz CT molecular complexity index is 318. The summed E-state index contributed by atoms with van der Waals surface area (Å²) in [6.07, 6.45) is 6.06. The van der Waals surface area contributed by atoms with Gasteiger partial charge in [0.15, 0.2) is 0 Å². The lowest BCUT2D eigenvalue weighted by atomic mass is 9.99. The molecule has 3 rings (SSSR count). The number of nitrogens with zero attached hydrogens (tertiary/aromatic N) is 1. The SMILES string of the molecule is Cl.O=C(NC1CC1)NC1CCN(CC2CCCNC2)C1. The Morgan fingerprint density at radius 3 is 2.65 bits per heavy atom. The van der Waals surface area contributed by atoms with Crippen LogP contribution >= 0.6 is 12.4 Å². The van der Waals surface area contributed by atoms with E-state index in [2.05, 4.69) is 20.9 Å². The van der Waals surface area contributed by atoms with E-state index in [1.807, 2.05) is 0 Å². The van der Waals surface area contributed by atoms with E-state index in [-0.39, 0.29) is 18.4 Å². The minimum absolute atomic E-state index is 0. The fourth-order valence-electron chi connectivity index (χ4n) is 3.20. The molecule has 6 heteroatoms. The Hall–Kier alpha value is -0.520. The average molecular weight is 303 g/mol. The van der Waals surface area contributed by atoms with Crippen molar-refractivity contribution in [3.05, 3.63) is 0 Å². The topological polar surface area (TPSA) is 56.4 Å². The normalized spacial score (nSPS) is 30.6. The maximum atomic E-state index is 11.7.